The molecule has 1 fully saturated rings. The fourth-order valence-corrected chi connectivity index (χ4v) is 4.09. The van der Waals surface area contributed by atoms with E-state index in [1.807, 2.05) is 54.0 Å². The van der Waals surface area contributed by atoms with Gasteiger partial charge in [0.05, 0.1) is 7.11 Å². The molecule has 0 spiro atoms. The summed E-state index contributed by atoms with van der Waals surface area (Å²) in [6.45, 7) is 8.40. The average molecular weight is 445 g/mol. The number of imidazole rings is 1. The summed E-state index contributed by atoms with van der Waals surface area (Å²) in [5, 5.41) is 6.67. The van der Waals surface area contributed by atoms with Crippen molar-refractivity contribution >= 4 is 34.7 Å². The molecule has 0 amide bonds. The average Bonchev–Trinajstić information content (AvgIpc) is 3.38. The maximum Gasteiger partial charge on any atom is 0.232 e. The van der Waals surface area contributed by atoms with Crippen molar-refractivity contribution in [1.82, 2.24) is 24.3 Å². The number of rotatable bonds is 6. The Hall–Kier alpha value is -3.88. The van der Waals surface area contributed by atoms with Gasteiger partial charge in [0.15, 0.2) is 0 Å². The van der Waals surface area contributed by atoms with Gasteiger partial charge in [0.25, 0.3) is 0 Å². The molecular formula is C24H28N8O. The molecule has 0 radical (unpaired) electrons. The lowest BCUT2D eigenvalue weighted by Crippen LogP contribution is -2.24. The number of anilines is 5. The van der Waals surface area contributed by atoms with Crippen molar-refractivity contribution in [3.8, 4) is 5.75 Å². The Labute approximate surface area is 192 Å². The number of ether oxygens (including phenoxy) is 1. The van der Waals surface area contributed by atoms with Crippen molar-refractivity contribution in [2.75, 3.05) is 35.7 Å². The van der Waals surface area contributed by atoms with Gasteiger partial charge in [-0.05, 0) is 24.8 Å². The molecule has 0 aromatic carbocycles. The van der Waals surface area contributed by atoms with Crippen molar-refractivity contribution in [3.05, 3.63) is 54.6 Å². The molecule has 0 aliphatic carbocycles. The van der Waals surface area contributed by atoms with Crippen LogP contribution in [-0.4, -0.2) is 44.5 Å². The van der Waals surface area contributed by atoms with Crippen LogP contribution in [0.3, 0.4) is 0 Å². The number of hydrogen-bond donors (Lipinski definition) is 2. The van der Waals surface area contributed by atoms with Crippen LogP contribution < -0.4 is 20.3 Å². The third kappa shape index (κ3) is 4.67. The number of aromatic nitrogens is 5. The predicted molar refractivity (Wildman–Crippen MR) is 130 cm³/mol. The maximum absolute atomic E-state index is 5.38. The summed E-state index contributed by atoms with van der Waals surface area (Å²) in [5.41, 5.74) is 2.87. The minimum absolute atomic E-state index is 0.253. The summed E-state index contributed by atoms with van der Waals surface area (Å²) in [4.78, 5) is 20.8. The maximum atomic E-state index is 5.38. The molecule has 0 unspecified atom stereocenters. The molecule has 0 atom stereocenters. The van der Waals surface area contributed by atoms with Gasteiger partial charge in [-0.1, -0.05) is 13.8 Å². The van der Waals surface area contributed by atoms with Gasteiger partial charge in [0.2, 0.25) is 5.95 Å². The molecule has 0 saturated carbocycles. The Morgan fingerprint density at radius 2 is 1.85 bits per heavy atom. The molecule has 1 saturated heterocycles. The lowest BCUT2D eigenvalue weighted by molar-refractivity contribution is 0.414. The molecule has 0 bridgehead atoms. The first-order valence-electron chi connectivity index (χ1n) is 11.0. The summed E-state index contributed by atoms with van der Waals surface area (Å²) in [6.07, 6.45) is 6.79. The monoisotopic (exact) mass is 444 g/mol. The minimum atomic E-state index is 0.253. The molecule has 1 aliphatic rings. The lowest BCUT2D eigenvalue weighted by Gasteiger charge is -2.22. The largest absolute Gasteiger partial charge is 0.497 e. The van der Waals surface area contributed by atoms with Crippen LogP contribution in [0.5, 0.6) is 5.75 Å². The van der Waals surface area contributed by atoms with Crippen LogP contribution in [0.25, 0.3) is 5.65 Å². The fourth-order valence-electron chi connectivity index (χ4n) is 4.09. The summed E-state index contributed by atoms with van der Waals surface area (Å²) in [5.74, 6) is 3.41. The molecule has 4 aromatic rings. The van der Waals surface area contributed by atoms with E-state index in [4.69, 9.17) is 14.7 Å². The van der Waals surface area contributed by atoms with E-state index in [1.165, 1.54) is 0 Å². The Morgan fingerprint density at radius 3 is 2.64 bits per heavy atom. The summed E-state index contributed by atoms with van der Waals surface area (Å²) in [6, 6.07) is 9.69. The van der Waals surface area contributed by atoms with Crippen molar-refractivity contribution in [1.29, 1.82) is 0 Å². The van der Waals surface area contributed by atoms with Crippen molar-refractivity contribution in [2.24, 2.45) is 5.41 Å². The van der Waals surface area contributed by atoms with Gasteiger partial charge in [0.1, 0.15) is 28.9 Å². The molecule has 9 nitrogen and oxygen atoms in total. The van der Waals surface area contributed by atoms with Crippen LogP contribution in [0.4, 0.5) is 29.1 Å². The molecule has 2 N–H and O–H groups in total. The number of nitrogens with zero attached hydrogens (tertiary/aromatic N) is 6. The highest BCUT2D eigenvalue weighted by atomic mass is 16.5. The van der Waals surface area contributed by atoms with Crippen molar-refractivity contribution < 1.29 is 4.74 Å². The van der Waals surface area contributed by atoms with E-state index in [0.29, 0.717) is 17.6 Å². The van der Waals surface area contributed by atoms with Gasteiger partial charge in [-0.2, -0.15) is 9.97 Å². The molecule has 5 rings (SSSR count). The van der Waals surface area contributed by atoms with Gasteiger partial charge in [0, 0.05) is 67.3 Å². The highest BCUT2D eigenvalue weighted by Gasteiger charge is 2.30. The summed E-state index contributed by atoms with van der Waals surface area (Å²) in [7, 11) is 1.64. The Bertz CT molecular complexity index is 1300. The molecule has 5 heterocycles. The zero-order chi connectivity index (χ0) is 23.0. The third-order valence-corrected chi connectivity index (χ3v) is 5.79. The second-order valence-corrected chi connectivity index (χ2v) is 9.16. The topological polar surface area (TPSA) is 92.5 Å². The zero-order valence-corrected chi connectivity index (χ0v) is 19.3. The molecule has 170 valence electrons. The second-order valence-electron chi connectivity index (χ2n) is 9.16. The SMILES string of the molecule is COc1cc(C)nc(Nc2nc(Nc3ccn4ccnc4c3)cc(N3CCC(C)(C)C3)n2)c1. The van der Waals surface area contributed by atoms with Gasteiger partial charge in [-0.15, -0.1) is 0 Å². The Morgan fingerprint density at radius 1 is 1.00 bits per heavy atom. The van der Waals surface area contributed by atoms with Gasteiger partial charge < -0.3 is 24.7 Å². The molecule has 1 aliphatic heterocycles. The van der Waals surface area contributed by atoms with E-state index in [0.717, 1.165) is 48.1 Å². The van der Waals surface area contributed by atoms with E-state index < -0.39 is 0 Å². The molecule has 9 heteroatoms. The van der Waals surface area contributed by atoms with Crippen LogP contribution in [0.1, 0.15) is 26.0 Å². The minimum Gasteiger partial charge on any atom is -0.497 e. The number of fused-ring (bicyclic) bond motifs is 1. The first-order chi connectivity index (χ1) is 15.9. The summed E-state index contributed by atoms with van der Waals surface area (Å²) >= 11 is 0. The molecule has 33 heavy (non-hydrogen) atoms. The number of aryl methyl sites for hydroxylation is 1. The van der Waals surface area contributed by atoms with E-state index in [2.05, 4.69) is 39.3 Å². The van der Waals surface area contributed by atoms with E-state index in [1.54, 1.807) is 13.3 Å². The van der Waals surface area contributed by atoms with Crippen LogP contribution in [-0.2, 0) is 0 Å². The Balaban J connectivity index is 1.49. The molecule has 4 aromatic heterocycles. The smallest absolute Gasteiger partial charge is 0.232 e. The van der Waals surface area contributed by atoms with Gasteiger partial charge in [-0.3, -0.25) is 0 Å². The highest BCUT2D eigenvalue weighted by molar-refractivity contribution is 5.66. The fraction of sp³-hybridized carbons (Fsp3) is 0.333. The van der Waals surface area contributed by atoms with Crippen LogP contribution >= 0.6 is 0 Å². The normalized spacial score (nSPS) is 15.1. The first kappa shape index (κ1) is 21.0. The van der Waals surface area contributed by atoms with E-state index in [9.17, 15) is 0 Å². The predicted octanol–water partition coefficient (Wildman–Crippen LogP) is 4.56. The third-order valence-electron chi connectivity index (χ3n) is 5.79. The van der Waals surface area contributed by atoms with Crippen LogP contribution in [0, 0.1) is 12.3 Å². The van der Waals surface area contributed by atoms with Crippen molar-refractivity contribution in [3.63, 3.8) is 0 Å². The number of nitrogens with one attached hydrogen (secondary N) is 2. The standard InChI is InChI=1S/C24H28N8O/c1-16-11-18(33-4)13-19(26-16)28-23-29-20(14-22(30-23)32-9-6-24(2,3)15-32)27-17-5-8-31-10-7-25-21(31)12-17/h5,7-8,10-14H,6,9,15H2,1-4H3,(H2,26,27,28,29,30). The quantitative estimate of drug-likeness (QED) is 0.447. The van der Waals surface area contributed by atoms with Gasteiger partial charge in [-0.25, -0.2) is 9.97 Å². The Kier molecular flexibility index (Phi) is 5.24. The number of hydrogen-bond acceptors (Lipinski definition) is 8. The first-order valence-corrected chi connectivity index (χ1v) is 11.0. The van der Waals surface area contributed by atoms with Crippen molar-refractivity contribution in [2.45, 2.75) is 27.2 Å². The van der Waals surface area contributed by atoms with Crippen LogP contribution in [0.15, 0.2) is 48.9 Å². The highest BCUT2D eigenvalue weighted by Crippen LogP contribution is 2.33. The van der Waals surface area contributed by atoms with Gasteiger partial charge >= 0.3 is 0 Å². The molecular weight excluding hydrogens is 416 g/mol. The number of methoxy groups -OCH3 is 1. The number of pyridine rings is 2. The van der Waals surface area contributed by atoms with E-state index >= 15 is 0 Å². The zero-order valence-electron chi connectivity index (χ0n) is 19.3. The van der Waals surface area contributed by atoms with E-state index in [-0.39, 0.29) is 5.41 Å². The lowest BCUT2D eigenvalue weighted by atomic mass is 9.93. The summed E-state index contributed by atoms with van der Waals surface area (Å²) < 4.78 is 7.35. The second kappa shape index (κ2) is 8.23. The van der Waals surface area contributed by atoms with Crippen LogP contribution in [0.2, 0.25) is 0 Å².